The third kappa shape index (κ3) is 3.05. The fraction of sp³-hybridized carbons (Fsp3) is 0.176. The molecule has 0 bridgehead atoms. The summed E-state index contributed by atoms with van der Waals surface area (Å²) in [5.74, 6) is -0.772. The van der Waals surface area contributed by atoms with E-state index in [9.17, 15) is 13.6 Å². The van der Waals surface area contributed by atoms with Crippen LogP contribution in [0.15, 0.2) is 53.3 Å². The lowest BCUT2D eigenvalue weighted by molar-refractivity contribution is 0.288. The molecule has 0 amide bonds. The summed E-state index contributed by atoms with van der Waals surface area (Å²) in [7, 11) is 0. The number of hydrogen-bond acceptors (Lipinski definition) is 3. The standard InChI is InChI=1S/C17H15F2N3O2/c1-12-20-21(10-11-24-13-6-3-2-4-7-13)17(23)22(12)16-14(18)8-5-9-15(16)19/h2-9H,10-11H2,1H3. The van der Waals surface area contributed by atoms with Crippen molar-refractivity contribution in [2.75, 3.05) is 6.61 Å². The Balaban J connectivity index is 1.84. The van der Waals surface area contributed by atoms with Crippen LogP contribution in [0.1, 0.15) is 5.82 Å². The zero-order valence-electron chi connectivity index (χ0n) is 12.9. The average molecular weight is 331 g/mol. The molecule has 1 aromatic heterocycles. The van der Waals surface area contributed by atoms with Crippen molar-refractivity contribution in [2.24, 2.45) is 0 Å². The maximum atomic E-state index is 13.9. The van der Waals surface area contributed by atoms with Gasteiger partial charge in [-0.1, -0.05) is 24.3 Å². The van der Waals surface area contributed by atoms with Crippen molar-refractivity contribution in [3.8, 4) is 11.4 Å². The average Bonchev–Trinajstić information content (AvgIpc) is 2.84. The van der Waals surface area contributed by atoms with E-state index in [-0.39, 0.29) is 19.0 Å². The summed E-state index contributed by atoms with van der Waals surface area (Å²) in [6.45, 7) is 1.89. The van der Waals surface area contributed by atoms with E-state index < -0.39 is 23.0 Å². The fourth-order valence-electron chi connectivity index (χ4n) is 2.39. The molecule has 0 fully saturated rings. The first-order valence-electron chi connectivity index (χ1n) is 7.36. The van der Waals surface area contributed by atoms with Crippen molar-refractivity contribution in [3.05, 3.63) is 76.5 Å². The van der Waals surface area contributed by atoms with Crippen molar-refractivity contribution in [1.29, 1.82) is 0 Å². The molecule has 7 heteroatoms. The van der Waals surface area contributed by atoms with Gasteiger partial charge >= 0.3 is 5.69 Å². The quantitative estimate of drug-likeness (QED) is 0.722. The lowest BCUT2D eigenvalue weighted by atomic mass is 10.3. The van der Waals surface area contributed by atoms with E-state index in [4.69, 9.17) is 4.74 Å². The van der Waals surface area contributed by atoms with Crippen molar-refractivity contribution < 1.29 is 13.5 Å². The molecular weight excluding hydrogens is 316 g/mol. The second-order valence-electron chi connectivity index (χ2n) is 5.12. The summed E-state index contributed by atoms with van der Waals surface area (Å²) < 4.78 is 35.4. The van der Waals surface area contributed by atoms with E-state index in [1.54, 1.807) is 12.1 Å². The molecule has 24 heavy (non-hydrogen) atoms. The van der Waals surface area contributed by atoms with Gasteiger partial charge in [-0.3, -0.25) is 0 Å². The Hall–Kier alpha value is -2.96. The summed E-state index contributed by atoms with van der Waals surface area (Å²) in [5, 5.41) is 4.05. The van der Waals surface area contributed by atoms with Crippen LogP contribution in [-0.4, -0.2) is 21.0 Å². The van der Waals surface area contributed by atoms with Gasteiger partial charge in [0, 0.05) is 0 Å². The molecule has 0 saturated heterocycles. The molecule has 3 aromatic rings. The van der Waals surface area contributed by atoms with Crippen molar-refractivity contribution in [3.63, 3.8) is 0 Å². The van der Waals surface area contributed by atoms with Gasteiger partial charge in [0.05, 0.1) is 6.54 Å². The van der Waals surface area contributed by atoms with E-state index in [0.717, 1.165) is 21.4 Å². The van der Waals surface area contributed by atoms with Gasteiger partial charge in [0.2, 0.25) is 0 Å². The molecule has 0 radical (unpaired) electrons. The first-order valence-corrected chi connectivity index (χ1v) is 7.36. The molecule has 3 rings (SSSR count). The van der Waals surface area contributed by atoms with E-state index in [2.05, 4.69) is 5.10 Å². The lowest BCUT2D eigenvalue weighted by Gasteiger charge is -2.06. The van der Waals surface area contributed by atoms with E-state index >= 15 is 0 Å². The van der Waals surface area contributed by atoms with Crippen LogP contribution < -0.4 is 10.4 Å². The second-order valence-corrected chi connectivity index (χ2v) is 5.12. The normalized spacial score (nSPS) is 10.8. The molecule has 0 aliphatic carbocycles. The van der Waals surface area contributed by atoms with Crippen LogP contribution in [0.3, 0.4) is 0 Å². The summed E-state index contributed by atoms with van der Waals surface area (Å²) in [6.07, 6.45) is 0. The zero-order valence-corrected chi connectivity index (χ0v) is 12.9. The Kier molecular flexibility index (Phi) is 4.41. The summed E-state index contributed by atoms with van der Waals surface area (Å²) >= 11 is 0. The molecule has 5 nitrogen and oxygen atoms in total. The van der Waals surface area contributed by atoms with Gasteiger partial charge in [-0.05, 0) is 31.2 Å². The van der Waals surface area contributed by atoms with E-state index in [0.29, 0.717) is 5.75 Å². The Labute approximate surface area is 136 Å². The number of hydrogen-bond donors (Lipinski definition) is 0. The topological polar surface area (TPSA) is 49.1 Å². The molecule has 124 valence electrons. The maximum Gasteiger partial charge on any atom is 0.350 e. The number of nitrogens with zero attached hydrogens (tertiary/aromatic N) is 3. The monoisotopic (exact) mass is 331 g/mol. The number of rotatable bonds is 5. The van der Waals surface area contributed by atoms with Gasteiger partial charge in [-0.15, -0.1) is 0 Å². The molecule has 0 aliphatic rings. The Morgan fingerprint density at radius 2 is 1.71 bits per heavy atom. The van der Waals surface area contributed by atoms with Crippen LogP contribution in [0.4, 0.5) is 8.78 Å². The van der Waals surface area contributed by atoms with Gasteiger partial charge in [0.1, 0.15) is 35.5 Å². The highest BCUT2D eigenvalue weighted by atomic mass is 19.1. The third-order valence-electron chi connectivity index (χ3n) is 3.48. The van der Waals surface area contributed by atoms with Gasteiger partial charge in [-0.25, -0.2) is 22.8 Å². The zero-order chi connectivity index (χ0) is 17.1. The predicted molar refractivity (Wildman–Crippen MR) is 84.4 cm³/mol. The minimum Gasteiger partial charge on any atom is -0.492 e. The van der Waals surface area contributed by atoms with Crippen LogP contribution in [0.2, 0.25) is 0 Å². The molecule has 0 spiro atoms. The Bertz CT molecular complexity index is 884. The molecule has 2 aromatic carbocycles. The van der Waals surface area contributed by atoms with Gasteiger partial charge in [0.15, 0.2) is 0 Å². The SMILES string of the molecule is Cc1nn(CCOc2ccccc2)c(=O)n1-c1c(F)cccc1F. The minimum atomic E-state index is -0.819. The molecule has 1 heterocycles. The summed E-state index contributed by atoms with van der Waals surface area (Å²) in [4.78, 5) is 12.4. The van der Waals surface area contributed by atoms with Gasteiger partial charge in [0.25, 0.3) is 0 Å². The first kappa shape index (κ1) is 15.9. The number of aryl methyl sites for hydroxylation is 1. The van der Waals surface area contributed by atoms with Crippen LogP contribution in [0, 0.1) is 18.6 Å². The largest absolute Gasteiger partial charge is 0.492 e. The van der Waals surface area contributed by atoms with Crippen LogP contribution >= 0.6 is 0 Å². The van der Waals surface area contributed by atoms with Gasteiger partial charge in [-0.2, -0.15) is 5.10 Å². The number of ether oxygens (including phenoxy) is 1. The van der Waals surface area contributed by atoms with Crippen LogP contribution in [-0.2, 0) is 6.54 Å². The highest BCUT2D eigenvalue weighted by molar-refractivity contribution is 5.35. The molecule has 0 unspecified atom stereocenters. The van der Waals surface area contributed by atoms with Crippen molar-refractivity contribution in [1.82, 2.24) is 14.3 Å². The number of aromatic nitrogens is 3. The lowest BCUT2D eigenvalue weighted by Crippen LogP contribution is -2.27. The number of halogens is 2. The molecule has 0 N–H and O–H groups in total. The number of benzene rings is 2. The second kappa shape index (κ2) is 6.66. The molecule has 0 atom stereocenters. The van der Waals surface area contributed by atoms with Gasteiger partial charge < -0.3 is 4.74 Å². The highest BCUT2D eigenvalue weighted by Gasteiger charge is 2.18. The van der Waals surface area contributed by atoms with Crippen LogP contribution in [0.5, 0.6) is 5.75 Å². The fourth-order valence-corrected chi connectivity index (χ4v) is 2.39. The smallest absolute Gasteiger partial charge is 0.350 e. The highest BCUT2D eigenvalue weighted by Crippen LogP contribution is 2.16. The first-order chi connectivity index (χ1) is 11.6. The molecule has 0 saturated carbocycles. The third-order valence-corrected chi connectivity index (χ3v) is 3.48. The van der Waals surface area contributed by atoms with E-state index in [1.165, 1.54) is 13.0 Å². The summed E-state index contributed by atoms with van der Waals surface area (Å²) in [5.41, 5.74) is -1.04. The van der Waals surface area contributed by atoms with Crippen molar-refractivity contribution >= 4 is 0 Å². The Morgan fingerprint density at radius 1 is 1.04 bits per heavy atom. The maximum absolute atomic E-state index is 13.9. The minimum absolute atomic E-state index is 0.164. The molecule has 0 aliphatic heterocycles. The predicted octanol–water partition coefficient (Wildman–Crippen LogP) is 2.70. The van der Waals surface area contributed by atoms with E-state index in [1.807, 2.05) is 18.2 Å². The van der Waals surface area contributed by atoms with Crippen LogP contribution in [0.25, 0.3) is 5.69 Å². The Morgan fingerprint density at radius 3 is 2.38 bits per heavy atom. The number of para-hydroxylation sites is 2. The van der Waals surface area contributed by atoms with Crippen molar-refractivity contribution in [2.45, 2.75) is 13.5 Å². The summed E-state index contributed by atoms with van der Waals surface area (Å²) in [6, 6.07) is 12.6. The molecular formula is C17H15F2N3O2.